The number of rotatable bonds is 2. The third kappa shape index (κ3) is 3.95. The van der Waals surface area contributed by atoms with E-state index in [1.807, 2.05) is 12.1 Å². The van der Waals surface area contributed by atoms with Gasteiger partial charge in [0.25, 0.3) is 0 Å². The van der Waals surface area contributed by atoms with Crippen LogP contribution in [0.3, 0.4) is 0 Å². The standard InChI is InChI=1S/C13H19FN2.ClH/c1-11(12-3-5-13(14)6-4-12)16-9-2-7-15-8-10-16;/h3-6,11,15H,2,7-10H2,1H3;1H. The first kappa shape index (κ1) is 14.4. The minimum absolute atomic E-state index is 0. The summed E-state index contributed by atoms with van der Waals surface area (Å²) in [7, 11) is 0. The zero-order valence-corrected chi connectivity index (χ0v) is 11.0. The van der Waals surface area contributed by atoms with Crippen LogP contribution >= 0.6 is 12.4 Å². The molecule has 1 aliphatic heterocycles. The molecular formula is C13H20ClFN2. The van der Waals surface area contributed by atoms with Crippen molar-refractivity contribution in [2.45, 2.75) is 19.4 Å². The van der Waals surface area contributed by atoms with Crippen LogP contribution in [0.5, 0.6) is 0 Å². The molecule has 1 unspecified atom stereocenters. The highest BCUT2D eigenvalue weighted by atomic mass is 35.5. The maximum absolute atomic E-state index is 12.8. The van der Waals surface area contributed by atoms with E-state index in [1.165, 1.54) is 12.0 Å². The molecule has 96 valence electrons. The quantitative estimate of drug-likeness (QED) is 0.877. The van der Waals surface area contributed by atoms with Crippen molar-refractivity contribution in [3.63, 3.8) is 0 Å². The minimum atomic E-state index is -0.159. The maximum Gasteiger partial charge on any atom is 0.123 e. The first-order chi connectivity index (χ1) is 7.77. The summed E-state index contributed by atoms with van der Waals surface area (Å²) in [6, 6.07) is 7.24. The van der Waals surface area contributed by atoms with Gasteiger partial charge in [-0.25, -0.2) is 4.39 Å². The lowest BCUT2D eigenvalue weighted by molar-refractivity contribution is 0.225. The van der Waals surface area contributed by atoms with Gasteiger partial charge in [0.15, 0.2) is 0 Å². The number of hydrogen-bond donors (Lipinski definition) is 1. The zero-order valence-electron chi connectivity index (χ0n) is 10.2. The lowest BCUT2D eigenvalue weighted by Crippen LogP contribution is -2.30. The summed E-state index contributed by atoms with van der Waals surface area (Å²) >= 11 is 0. The normalized spacial score (nSPS) is 19.2. The van der Waals surface area contributed by atoms with Gasteiger partial charge >= 0.3 is 0 Å². The Morgan fingerprint density at radius 2 is 1.88 bits per heavy atom. The Balaban J connectivity index is 0.00000144. The van der Waals surface area contributed by atoms with E-state index in [1.54, 1.807) is 12.1 Å². The topological polar surface area (TPSA) is 15.3 Å². The van der Waals surface area contributed by atoms with Crippen molar-refractivity contribution < 1.29 is 4.39 Å². The van der Waals surface area contributed by atoms with Crippen LogP contribution in [0.2, 0.25) is 0 Å². The van der Waals surface area contributed by atoms with Gasteiger partial charge in [0, 0.05) is 19.1 Å². The molecule has 2 rings (SSSR count). The van der Waals surface area contributed by atoms with Gasteiger partial charge in [-0.2, -0.15) is 0 Å². The minimum Gasteiger partial charge on any atom is -0.315 e. The number of halogens is 2. The van der Waals surface area contributed by atoms with E-state index in [4.69, 9.17) is 0 Å². The van der Waals surface area contributed by atoms with Gasteiger partial charge in [-0.15, -0.1) is 12.4 Å². The molecule has 0 radical (unpaired) electrons. The molecule has 0 spiro atoms. The van der Waals surface area contributed by atoms with Crippen molar-refractivity contribution in [1.29, 1.82) is 0 Å². The predicted octanol–water partition coefficient (Wildman–Crippen LogP) is 2.60. The van der Waals surface area contributed by atoms with Gasteiger partial charge < -0.3 is 5.32 Å². The molecule has 4 heteroatoms. The van der Waals surface area contributed by atoms with Crippen LogP contribution in [0, 0.1) is 5.82 Å². The smallest absolute Gasteiger partial charge is 0.123 e. The van der Waals surface area contributed by atoms with Crippen molar-refractivity contribution in [2.75, 3.05) is 26.2 Å². The molecule has 1 saturated heterocycles. The van der Waals surface area contributed by atoms with Crippen LogP contribution in [0.4, 0.5) is 4.39 Å². The Labute approximate surface area is 109 Å². The van der Waals surface area contributed by atoms with Crippen LogP contribution < -0.4 is 5.32 Å². The maximum atomic E-state index is 12.8. The first-order valence-corrected chi connectivity index (χ1v) is 5.97. The van der Waals surface area contributed by atoms with Crippen LogP contribution in [-0.4, -0.2) is 31.1 Å². The molecule has 0 bridgehead atoms. The second-order valence-corrected chi connectivity index (χ2v) is 4.37. The van der Waals surface area contributed by atoms with E-state index in [9.17, 15) is 4.39 Å². The summed E-state index contributed by atoms with van der Waals surface area (Å²) in [5.74, 6) is -0.159. The molecule has 0 amide bonds. The van der Waals surface area contributed by atoms with Gasteiger partial charge in [-0.3, -0.25) is 4.90 Å². The average molecular weight is 259 g/mol. The summed E-state index contributed by atoms with van der Waals surface area (Å²) in [6.07, 6.45) is 1.19. The summed E-state index contributed by atoms with van der Waals surface area (Å²) in [6.45, 7) is 6.53. The molecule has 1 atom stereocenters. The molecule has 0 aromatic heterocycles. The summed E-state index contributed by atoms with van der Waals surface area (Å²) in [4.78, 5) is 2.45. The Bertz CT molecular complexity index is 321. The number of nitrogens with zero attached hydrogens (tertiary/aromatic N) is 1. The molecule has 0 aliphatic carbocycles. The zero-order chi connectivity index (χ0) is 11.4. The number of benzene rings is 1. The van der Waals surface area contributed by atoms with E-state index in [2.05, 4.69) is 17.1 Å². The van der Waals surface area contributed by atoms with Crippen LogP contribution in [0.15, 0.2) is 24.3 Å². The Hall–Kier alpha value is -0.640. The molecule has 1 aromatic carbocycles. The Morgan fingerprint density at radius 1 is 1.18 bits per heavy atom. The molecular weight excluding hydrogens is 239 g/mol. The average Bonchev–Trinajstić information content (AvgIpc) is 2.57. The molecule has 1 aliphatic rings. The second-order valence-electron chi connectivity index (χ2n) is 4.37. The highest BCUT2D eigenvalue weighted by Gasteiger charge is 2.16. The third-order valence-corrected chi connectivity index (χ3v) is 3.27. The van der Waals surface area contributed by atoms with E-state index in [0.29, 0.717) is 6.04 Å². The lowest BCUT2D eigenvalue weighted by atomic mass is 10.1. The largest absolute Gasteiger partial charge is 0.315 e. The first-order valence-electron chi connectivity index (χ1n) is 5.97. The molecule has 2 nitrogen and oxygen atoms in total. The number of nitrogens with one attached hydrogen (secondary N) is 1. The van der Waals surface area contributed by atoms with Crippen molar-refractivity contribution in [1.82, 2.24) is 10.2 Å². The monoisotopic (exact) mass is 258 g/mol. The second kappa shape index (κ2) is 6.94. The predicted molar refractivity (Wildman–Crippen MR) is 71.1 cm³/mol. The van der Waals surface area contributed by atoms with Gasteiger partial charge in [0.05, 0.1) is 0 Å². The van der Waals surface area contributed by atoms with E-state index in [-0.39, 0.29) is 18.2 Å². The molecule has 17 heavy (non-hydrogen) atoms. The van der Waals surface area contributed by atoms with E-state index in [0.717, 1.165) is 26.2 Å². The van der Waals surface area contributed by atoms with E-state index < -0.39 is 0 Å². The lowest BCUT2D eigenvalue weighted by Gasteiger charge is -2.27. The fraction of sp³-hybridized carbons (Fsp3) is 0.538. The highest BCUT2D eigenvalue weighted by Crippen LogP contribution is 2.20. The van der Waals surface area contributed by atoms with Gasteiger partial charge in [-0.05, 0) is 44.1 Å². The summed E-state index contributed by atoms with van der Waals surface area (Å²) in [5.41, 5.74) is 1.20. The summed E-state index contributed by atoms with van der Waals surface area (Å²) in [5, 5.41) is 3.39. The van der Waals surface area contributed by atoms with Gasteiger partial charge in [-0.1, -0.05) is 12.1 Å². The van der Waals surface area contributed by atoms with Crippen molar-refractivity contribution in [2.24, 2.45) is 0 Å². The van der Waals surface area contributed by atoms with Gasteiger partial charge in [0.2, 0.25) is 0 Å². The highest BCUT2D eigenvalue weighted by molar-refractivity contribution is 5.85. The van der Waals surface area contributed by atoms with Crippen molar-refractivity contribution in [3.8, 4) is 0 Å². The van der Waals surface area contributed by atoms with Gasteiger partial charge in [0.1, 0.15) is 5.82 Å². The molecule has 0 saturated carbocycles. The number of hydrogen-bond acceptors (Lipinski definition) is 2. The van der Waals surface area contributed by atoms with Crippen LogP contribution in [-0.2, 0) is 0 Å². The van der Waals surface area contributed by atoms with Crippen LogP contribution in [0.25, 0.3) is 0 Å². The Morgan fingerprint density at radius 3 is 2.59 bits per heavy atom. The van der Waals surface area contributed by atoms with E-state index >= 15 is 0 Å². The van der Waals surface area contributed by atoms with Crippen molar-refractivity contribution >= 4 is 12.4 Å². The fourth-order valence-electron chi connectivity index (χ4n) is 2.21. The fourth-order valence-corrected chi connectivity index (χ4v) is 2.21. The SMILES string of the molecule is CC(c1ccc(F)cc1)N1CCCNCC1.Cl. The van der Waals surface area contributed by atoms with Crippen LogP contribution in [0.1, 0.15) is 24.9 Å². The van der Waals surface area contributed by atoms with Crippen molar-refractivity contribution in [3.05, 3.63) is 35.6 Å². The molecule has 1 fully saturated rings. The molecule has 1 aromatic rings. The molecule has 1 N–H and O–H groups in total. The molecule has 1 heterocycles. The third-order valence-electron chi connectivity index (χ3n) is 3.27. The Kier molecular flexibility index (Phi) is 5.89. The summed E-state index contributed by atoms with van der Waals surface area (Å²) < 4.78 is 12.8.